The minimum absolute atomic E-state index is 0.0477. The van der Waals surface area contributed by atoms with Crippen LogP contribution in [0.25, 0.3) is 21.5 Å². The number of fused-ring (bicyclic) bond motifs is 1. The maximum Gasteiger partial charge on any atom is 0.416 e. The summed E-state index contributed by atoms with van der Waals surface area (Å²) in [4.78, 5) is 19.8. The normalized spacial score (nSPS) is 11.6. The molecule has 0 unspecified atom stereocenters. The van der Waals surface area contributed by atoms with Crippen molar-refractivity contribution in [2.24, 2.45) is 5.73 Å². The molecule has 0 spiro atoms. The smallest absolute Gasteiger partial charge is 0.416 e. The van der Waals surface area contributed by atoms with Gasteiger partial charge in [-0.2, -0.15) is 13.2 Å². The van der Waals surface area contributed by atoms with Crippen molar-refractivity contribution >= 4 is 27.5 Å². The molecule has 0 saturated heterocycles. The maximum absolute atomic E-state index is 12.8. The molecule has 0 saturated carbocycles. The molecule has 0 atom stereocenters. The molecule has 0 aliphatic carbocycles. The zero-order valence-corrected chi connectivity index (χ0v) is 16.1. The van der Waals surface area contributed by atoms with Crippen LogP contribution in [0.15, 0.2) is 60.8 Å². The number of halogens is 3. The lowest BCUT2D eigenvalue weighted by Gasteiger charge is -2.09. The van der Waals surface area contributed by atoms with Gasteiger partial charge in [0.1, 0.15) is 16.3 Å². The van der Waals surface area contributed by atoms with E-state index in [0.717, 1.165) is 16.8 Å². The third kappa shape index (κ3) is 4.25. The number of pyridine rings is 1. The van der Waals surface area contributed by atoms with Gasteiger partial charge in [-0.25, -0.2) is 4.98 Å². The predicted octanol–water partition coefficient (Wildman–Crippen LogP) is 5.20. The molecule has 0 bridgehead atoms. The van der Waals surface area contributed by atoms with E-state index in [4.69, 9.17) is 10.5 Å². The Hall–Kier alpha value is -3.46. The molecule has 5 nitrogen and oxygen atoms in total. The fraction of sp³-hybridized carbons (Fsp3) is 0.0952. The Morgan fingerprint density at radius 1 is 1.10 bits per heavy atom. The molecule has 0 fully saturated rings. The quantitative estimate of drug-likeness (QED) is 0.473. The number of primary amides is 1. The van der Waals surface area contributed by atoms with Gasteiger partial charge < -0.3 is 10.5 Å². The minimum Gasteiger partial charge on any atom is -0.455 e. The number of nitrogens with two attached hydrogens (primary N) is 1. The van der Waals surface area contributed by atoms with Crippen molar-refractivity contribution in [2.75, 3.05) is 0 Å². The molecular weight excluding hydrogens is 415 g/mol. The highest BCUT2D eigenvalue weighted by Crippen LogP contribution is 2.34. The van der Waals surface area contributed by atoms with E-state index in [1.807, 2.05) is 12.1 Å². The molecule has 30 heavy (non-hydrogen) atoms. The van der Waals surface area contributed by atoms with Gasteiger partial charge in [0.15, 0.2) is 5.75 Å². The van der Waals surface area contributed by atoms with Crippen molar-refractivity contribution in [3.63, 3.8) is 0 Å². The van der Waals surface area contributed by atoms with Crippen molar-refractivity contribution in [1.29, 1.82) is 0 Å². The first-order chi connectivity index (χ1) is 14.3. The summed E-state index contributed by atoms with van der Waals surface area (Å²) in [7, 11) is 0. The van der Waals surface area contributed by atoms with Crippen LogP contribution in [0.4, 0.5) is 13.2 Å². The van der Waals surface area contributed by atoms with E-state index < -0.39 is 17.6 Å². The highest BCUT2D eigenvalue weighted by atomic mass is 32.1. The first kappa shape index (κ1) is 19.8. The minimum atomic E-state index is -4.39. The van der Waals surface area contributed by atoms with Crippen LogP contribution in [0.5, 0.6) is 11.5 Å². The number of benzene rings is 2. The number of alkyl halides is 3. The van der Waals surface area contributed by atoms with E-state index in [1.54, 1.807) is 18.2 Å². The Bertz CT molecular complexity index is 1220. The standard InChI is InChI=1S/C21H14F3N3O2S/c22-21(23,24)13-6-4-12(5-7-13)15-10-14(8-9-26-15)29-16-2-1-3-17-20(16)27-19(30-17)11-18(25)28/h1-10H,11H2,(H2,25,28). The summed E-state index contributed by atoms with van der Waals surface area (Å²) in [5.41, 5.74) is 6.13. The molecule has 2 N–H and O–H groups in total. The second-order valence-corrected chi connectivity index (χ2v) is 7.52. The van der Waals surface area contributed by atoms with E-state index in [-0.39, 0.29) is 6.42 Å². The lowest BCUT2D eigenvalue weighted by Crippen LogP contribution is -2.13. The topological polar surface area (TPSA) is 78.1 Å². The first-order valence-corrected chi connectivity index (χ1v) is 9.59. The number of carbonyl (C=O) groups is 1. The Kier molecular flexibility index (Phi) is 5.13. The van der Waals surface area contributed by atoms with Gasteiger partial charge in [-0.15, -0.1) is 11.3 Å². The SMILES string of the molecule is NC(=O)Cc1nc2c(Oc3ccnc(-c4ccc(C(F)(F)F)cc4)c3)cccc2s1. The van der Waals surface area contributed by atoms with Crippen LogP contribution in [-0.4, -0.2) is 15.9 Å². The van der Waals surface area contributed by atoms with E-state index in [9.17, 15) is 18.0 Å². The van der Waals surface area contributed by atoms with Gasteiger partial charge in [0.25, 0.3) is 0 Å². The van der Waals surface area contributed by atoms with Crippen molar-refractivity contribution in [3.8, 4) is 22.8 Å². The summed E-state index contributed by atoms with van der Waals surface area (Å²) in [5, 5.41) is 0.591. The molecule has 2 aromatic carbocycles. The summed E-state index contributed by atoms with van der Waals surface area (Å²) in [6, 6.07) is 13.5. The van der Waals surface area contributed by atoms with E-state index in [0.29, 0.717) is 33.3 Å². The molecule has 0 aliphatic rings. The van der Waals surface area contributed by atoms with E-state index in [2.05, 4.69) is 9.97 Å². The lowest BCUT2D eigenvalue weighted by molar-refractivity contribution is -0.137. The summed E-state index contributed by atoms with van der Waals surface area (Å²) < 4.78 is 45.1. The number of amides is 1. The monoisotopic (exact) mass is 429 g/mol. The largest absolute Gasteiger partial charge is 0.455 e. The van der Waals surface area contributed by atoms with Crippen LogP contribution in [0.3, 0.4) is 0 Å². The lowest BCUT2D eigenvalue weighted by atomic mass is 10.1. The van der Waals surface area contributed by atoms with Gasteiger partial charge in [-0.3, -0.25) is 9.78 Å². The predicted molar refractivity (Wildman–Crippen MR) is 107 cm³/mol. The summed E-state index contributed by atoms with van der Waals surface area (Å²) in [6.07, 6.45) is -2.83. The van der Waals surface area contributed by atoms with Gasteiger partial charge in [0, 0.05) is 17.8 Å². The fourth-order valence-electron chi connectivity index (χ4n) is 2.87. The molecule has 9 heteroatoms. The second-order valence-electron chi connectivity index (χ2n) is 6.41. The van der Waals surface area contributed by atoms with Crippen LogP contribution in [0, 0.1) is 0 Å². The molecule has 1 amide bonds. The van der Waals surface area contributed by atoms with Crippen LogP contribution in [0.1, 0.15) is 10.6 Å². The number of thiazole rings is 1. The van der Waals surface area contributed by atoms with Gasteiger partial charge in [0.2, 0.25) is 5.91 Å². The molecule has 0 aliphatic heterocycles. The molecular formula is C21H14F3N3O2S. The number of aromatic nitrogens is 2. The summed E-state index contributed by atoms with van der Waals surface area (Å²) in [5.74, 6) is 0.479. The summed E-state index contributed by atoms with van der Waals surface area (Å²) >= 11 is 1.36. The number of nitrogens with zero attached hydrogens (tertiary/aromatic N) is 2. The van der Waals surface area contributed by atoms with Gasteiger partial charge in [-0.1, -0.05) is 18.2 Å². The first-order valence-electron chi connectivity index (χ1n) is 8.78. The Balaban J connectivity index is 1.62. The zero-order chi connectivity index (χ0) is 21.3. The number of hydrogen-bond acceptors (Lipinski definition) is 5. The Labute approximate surface area is 173 Å². The average molecular weight is 429 g/mol. The highest BCUT2D eigenvalue weighted by molar-refractivity contribution is 7.18. The van der Waals surface area contributed by atoms with Gasteiger partial charge in [0.05, 0.1) is 22.4 Å². The van der Waals surface area contributed by atoms with Crippen LogP contribution >= 0.6 is 11.3 Å². The van der Waals surface area contributed by atoms with E-state index in [1.165, 1.54) is 29.7 Å². The molecule has 152 valence electrons. The molecule has 4 aromatic rings. The maximum atomic E-state index is 12.8. The van der Waals surface area contributed by atoms with Crippen molar-refractivity contribution in [2.45, 2.75) is 12.6 Å². The van der Waals surface area contributed by atoms with Crippen molar-refractivity contribution < 1.29 is 22.7 Å². The number of para-hydroxylation sites is 1. The number of rotatable bonds is 5. The average Bonchev–Trinajstić information content (AvgIpc) is 3.10. The Morgan fingerprint density at radius 2 is 1.87 bits per heavy atom. The molecule has 2 aromatic heterocycles. The van der Waals surface area contributed by atoms with Crippen LogP contribution in [0.2, 0.25) is 0 Å². The van der Waals surface area contributed by atoms with Gasteiger partial charge >= 0.3 is 6.18 Å². The molecule has 0 radical (unpaired) electrons. The van der Waals surface area contributed by atoms with Crippen molar-refractivity contribution in [1.82, 2.24) is 9.97 Å². The second kappa shape index (κ2) is 7.75. The van der Waals surface area contributed by atoms with Gasteiger partial charge in [-0.05, 0) is 30.3 Å². The molecule has 4 rings (SSSR count). The fourth-order valence-corrected chi connectivity index (χ4v) is 3.86. The third-order valence-corrected chi connectivity index (χ3v) is 5.24. The van der Waals surface area contributed by atoms with Crippen LogP contribution < -0.4 is 10.5 Å². The zero-order valence-electron chi connectivity index (χ0n) is 15.3. The number of hydrogen-bond donors (Lipinski definition) is 1. The Morgan fingerprint density at radius 3 is 2.57 bits per heavy atom. The highest BCUT2D eigenvalue weighted by Gasteiger charge is 2.30. The third-order valence-electron chi connectivity index (χ3n) is 4.22. The van der Waals surface area contributed by atoms with E-state index >= 15 is 0 Å². The summed E-state index contributed by atoms with van der Waals surface area (Å²) in [6.45, 7) is 0. The number of ether oxygens (including phenoxy) is 1. The number of carbonyl (C=O) groups excluding carboxylic acids is 1. The molecule has 2 heterocycles. The van der Waals surface area contributed by atoms with Crippen molar-refractivity contribution in [3.05, 3.63) is 71.4 Å². The van der Waals surface area contributed by atoms with Crippen LogP contribution in [-0.2, 0) is 17.4 Å².